The van der Waals surface area contributed by atoms with E-state index in [0.29, 0.717) is 15.3 Å². The van der Waals surface area contributed by atoms with Gasteiger partial charge >= 0.3 is 0 Å². The molecular formula is C18H14BrClFN3O. The Hall–Kier alpha value is -2.18. The molecule has 0 aliphatic carbocycles. The van der Waals surface area contributed by atoms with E-state index in [0.717, 1.165) is 5.56 Å². The highest BCUT2D eigenvalue weighted by Crippen LogP contribution is 2.24. The Kier molecular flexibility index (Phi) is 5.20. The minimum atomic E-state index is -0.500. The smallest absolute Gasteiger partial charge is 0.253 e. The molecule has 0 radical (unpaired) electrons. The number of rotatable bonds is 4. The first-order valence-electron chi connectivity index (χ1n) is 7.44. The summed E-state index contributed by atoms with van der Waals surface area (Å²) in [6, 6.07) is 10.6. The predicted octanol–water partition coefficient (Wildman–Crippen LogP) is 4.49. The molecule has 3 rings (SSSR count). The summed E-state index contributed by atoms with van der Waals surface area (Å²) >= 11 is 9.24. The van der Waals surface area contributed by atoms with Crippen LogP contribution >= 0.6 is 27.5 Å². The van der Waals surface area contributed by atoms with Crippen molar-refractivity contribution in [2.24, 2.45) is 7.05 Å². The number of halogens is 3. The minimum absolute atomic E-state index is 0.216. The first-order chi connectivity index (χ1) is 12.0. The number of benzene rings is 2. The Morgan fingerprint density at radius 3 is 2.64 bits per heavy atom. The van der Waals surface area contributed by atoms with Gasteiger partial charge < -0.3 is 9.88 Å². The SMILES string of the molecule is Cn1ccnc1[C@H](NC(=O)c1cc(F)ccc1Br)c1ccc(Cl)cc1. The van der Waals surface area contributed by atoms with Crippen molar-refractivity contribution in [3.05, 3.63) is 87.1 Å². The van der Waals surface area contributed by atoms with Crippen LogP contribution in [0.15, 0.2) is 59.3 Å². The molecule has 25 heavy (non-hydrogen) atoms. The molecule has 1 amide bonds. The van der Waals surface area contributed by atoms with E-state index in [1.165, 1.54) is 18.2 Å². The Morgan fingerprint density at radius 1 is 1.28 bits per heavy atom. The molecule has 0 saturated carbocycles. The molecule has 0 aliphatic heterocycles. The largest absolute Gasteiger partial charge is 0.338 e. The maximum absolute atomic E-state index is 13.5. The van der Waals surface area contributed by atoms with Crippen LogP contribution in [0.25, 0.3) is 0 Å². The van der Waals surface area contributed by atoms with E-state index < -0.39 is 17.8 Å². The van der Waals surface area contributed by atoms with Crippen molar-refractivity contribution in [3.8, 4) is 0 Å². The molecule has 4 nitrogen and oxygen atoms in total. The number of aryl methyl sites for hydroxylation is 1. The van der Waals surface area contributed by atoms with Crippen molar-refractivity contribution < 1.29 is 9.18 Å². The van der Waals surface area contributed by atoms with Crippen LogP contribution in [0.3, 0.4) is 0 Å². The van der Waals surface area contributed by atoms with Crippen LogP contribution < -0.4 is 5.32 Å². The molecule has 3 aromatic rings. The van der Waals surface area contributed by atoms with Crippen LogP contribution in [0.2, 0.25) is 5.02 Å². The van der Waals surface area contributed by atoms with Crippen LogP contribution in [0, 0.1) is 5.82 Å². The maximum atomic E-state index is 13.5. The van der Waals surface area contributed by atoms with Crippen LogP contribution in [-0.2, 0) is 7.05 Å². The van der Waals surface area contributed by atoms with Crippen molar-refractivity contribution in [3.63, 3.8) is 0 Å². The fourth-order valence-electron chi connectivity index (χ4n) is 2.49. The number of amides is 1. The molecule has 1 atom stereocenters. The van der Waals surface area contributed by atoms with Gasteiger partial charge in [-0.2, -0.15) is 0 Å². The van der Waals surface area contributed by atoms with Crippen LogP contribution in [0.5, 0.6) is 0 Å². The van der Waals surface area contributed by atoms with Gasteiger partial charge in [-0.15, -0.1) is 0 Å². The second-order valence-electron chi connectivity index (χ2n) is 5.48. The fourth-order valence-corrected chi connectivity index (χ4v) is 3.04. The van der Waals surface area contributed by atoms with Gasteiger partial charge in [-0.05, 0) is 51.8 Å². The molecule has 1 N–H and O–H groups in total. The van der Waals surface area contributed by atoms with Crippen molar-refractivity contribution in [1.29, 1.82) is 0 Å². The van der Waals surface area contributed by atoms with E-state index in [2.05, 4.69) is 26.2 Å². The van der Waals surface area contributed by atoms with Gasteiger partial charge in [0.2, 0.25) is 0 Å². The van der Waals surface area contributed by atoms with Gasteiger partial charge in [0.05, 0.1) is 5.56 Å². The normalized spacial score (nSPS) is 12.0. The monoisotopic (exact) mass is 421 g/mol. The quantitative estimate of drug-likeness (QED) is 0.673. The molecule has 7 heteroatoms. The van der Waals surface area contributed by atoms with Gasteiger partial charge in [-0.25, -0.2) is 9.37 Å². The van der Waals surface area contributed by atoms with E-state index in [1.807, 2.05) is 23.7 Å². The number of carbonyl (C=O) groups excluding carboxylic acids is 1. The molecule has 0 fully saturated rings. The van der Waals surface area contributed by atoms with E-state index in [-0.39, 0.29) is 5.56 Å². The summed E-state index contributed by atoms with van der Waals surface area (Å²) in [6.45, 7) is 0. The van der Waals surface area contributed by atoms with Gasteiger partial charge in [0.1, 0.15) is 17.7 Å². The average molecular weight is 423 g/mol. The summed E-state index contributed by atoms with van der Waals surface area (Å²) in [7, 11) is 1.84. The second kappa shape index (κ2) is 7.37. The molecule has 1 heterocycles. The van der Waals surface area contributed by atoms with Crippen molar-refractivity contribution >= 4 is 33.4 Å². The topological polar surface area (TPSA) is 46.9 Å². The van der Waals surface area contributed by atoms with E-state index in [9.17, 15) is 9.18 Å². The molecule has 0 saturated heterocycles. The molecular weight excluding hydrogens is 409 g/mol. The van der Waals surface area contributed by atoms with E-state index in [1.54, 1.807) is 24.5 Å². The number of imidazole rings is 1. The Balaban J connectivity index is 1.98. The second-order valence-corrected chi connectivity index (χ2v) is 6.77. The lowest BCUT2D eigenvalue weighted by molar-refractivity contribution is 0.0940. The summed E-state index contributed by atoms with van der Waals surface area (Å²) in [4.78, 5) is 17.0. The van der Waals surface area contributed by atoms with Gasteiger partial charge in [0.15, 0.2) is 0 Å². The zero-order chi connectivity index (χ0) is 18.0. The minimum Gasteiger partial charge on any atom is -0.338 e. The first-order valence-corrected chi connectivity index (χ1v) is 8.61. The van der Waals surface area contributed by atoms with Crippen molar-refractivity contribution in [2.75, 3.05) is 0 Å². The molecule has 0 spiro atoms. The number of nitrogens with one attached hydrogen (secondary N) is 1. The third kappa shape index (κ3) is 3.91. The van der Waals surface area contributed by atoms with E-state index in [4.69, 9.17) is 11.6 Å². The van der Waals surface area contributed by atoms with Crippen molar-refractivity contribution in [2.45, 2.75) is 6.04 Å². The lowest BCUT2D eigenvalue weighted by atomic mass is 10.1. The van der Waals surface area contributed by atoms with Crippen LogP contribution in [-0.4, -0.2) is 15.5 Å². The molecule has 0 unspecified atom stereocenters. The lowest BCUT2D eigenvalue weighted by Crippen LogP contribution is -2.31. The van der Waals surface area contributed by atoms with E-state index >= 15 is 0 Å². The zero-order valence-electron chi connectivity index (χ0n) is 13.2. The lowest BCUT2D eigenvalue weighted by Gasteiger charge is -2.19. The molecule has 0 bridgehead atoms. The van der Waals surface area contributed by atoms with Gasteiger partial charge in [-0.1, -0.05) is 23.7 Å². The average Bonchev–Trinajstić information content (AvgIpc) is 3.01. The summed E-state index contributed by atoms with van der Waals surface area (Å²) in [5, 5.41) is 3.52. The Bertz CT molecular complexity index is 911. The maximum Gasteiger partial charge on any atom is 0.253 e. The Labute approximate surface area is 157 Å². The highest BCUT2D eigenvalue weighted by Gasteiger charge is 2.22. The number of hydrogen-bond donors (Lipinski definition) is 1. The fraction of sp³-hybridized carbons (Fsp3) is 0.111. The summed E-state index contributed by atoms with van der Waals surface area (Å²) in [5.74, 6) is -0.231. The molecule has 2 aromatic carbocycles. The predicted molar refractivity (Wildman–Crippen MR) is 98.1 cm³/mol. The Morgan fingerprint density at radius 2 is 2.00 bits per heavy atom. The van der Waals surface area contributed by atoms with Gasteiger partial charge in [-0.3, -0.25) is 4.79 Å². The van der Waals surface area contributed by atoms with Crippen LogP contribution in [0.4, 0.5) is 4.39 Å². The van der Waals surface area contributed by atoms with Gasteiger partial charge in [0, 0.05) is 28.9 Å². The number of hydrogen-bond acceptors (Lipinski definition) is 2. The third-order valence-corrected chi connectivity index (χ3v) is 4.71. The van der Waals surface area contributed by atoms with Crippen molar-refractivity contribution in [1.82, 2.24) is 14.9 Å². The highest BCUT2D eigenvalue weighted by molar-refractivity contribution is 9.10. The summed E-state index contributed by atoms with van der Waals surface area (Å²) in [5.41, 5.74) is 1.03. The number of carbonyl (C=O) groups is 1. The number of nitrogens with zero attached hydrogens (tertiary/aromatic N) is 2. The number of aromatic nitrogens is 2. The van der Waals surface area contributed by atoms with Crippen LogP contribution in [0.1, 0.15) is 27.8 Å². The summed E-state index contributed by atoms with van der Waals surface area (Å²) in [6.07, 6.45) is 3.45. The molecule has 0 aliphatic rings. The van der Waals surface area contributed by atoms with Gasteiger partial charge in [0.25, 0.3) is 5.91 Å². The highest BCUT2D eigenvalue weighted by atomic mass is 79.9. The first kappa shape index (κ1) is 17.6. The third-order valence-electron chi connectivity index (χ3n) is 3.77. The standard InChI is InChI=1S/C18H14BrClFN3O/c1-24-9-8-22-17(24)16(11-2-4-12(20)5-3-11)23-18(25)14-10-13(21)6-7-15(14)19/h2-10,16H,1H3,(H,23,25)/t16-/m1/s1. The molecule has 128 valence electrons. The summed E-state index contributed by atoms with van der Waals surface area (Å²) < 4.78 is 15.9. The molecule has 1 aromatic heterocycles. The zero-order valence-corrected chi connectivity index (χ0v) is 15.6.